The number of halogens is 2. The van der Waals surface area contributed by atoms with Crippen LogP contribution in [-0.2, 0) is 6.54 Å². The first-order chi connectivity index (χ1) is 18.7. The number of anilines is 1. The van der Waals surface area contributed by atoms with E-state index in [-0.39, 0.29) is 29.2 Å². The van der Waals surface area contributed by atoms with Crippen LogP contribution in [0.25, 0.3) is 22.2 Å². The number of benzene rings is 2. The molecule has 1 amide bonds. The van der Waals surface area contributed by atoms with Crippen LogP contribution in [0.4, 0.5) is 14.7 Å². The smallest absolute Gasteiger partial charge is 0.387 e. The SMILES string of the molecule is CC(C)(O)C1CN(c2ncc(-c3ccc4nc5n(c4c3)CC[C@H]5NC(=O)c3cccc(OC(F)F)c3)cn2)C1. The van der Waals surface area contributed by atoms with Crippen molar-refractivity contribution in [3.63, 3.8) is 0 Å². The van der Waals surface area contributed by atoms with E-state index in [1.165, 1.54) is 18.2 Å². The fourth-order valence-electron chi connectivity index (χ4n) is 5.12. The molecular formula is C28H28F2N6O3. The van der Waals surface area contributed by atoms with Crippen molar-refractivity contribution in [3.8, 4) is 16.9 Å². The summed E-state index contributed by atoms with van der Waals surface area (Å²) in [5.41, 5.74) is 3.13. The zero-order valence-electron chi connectivity index (χ0n) is 21.5. The van der Waals surface area contributed by atoms with Crippen molar-refractivity contribution in [1.29, 1.82) is 0 Å². The van der Waals surface area contributed by atoms with Crippen LogP contribution in [0.2, 0.25) is 0 Å². The number of nitrogens with zero attached hydrogens (tertiary/aromatic N) is 5. The molecule has 2 N–H and O–H groups in total. The van der Waals surface area contributed by atoms with Gasteiger partial charge in [0.25, 0.3) is 5.91 Å². The van der Waals surface area contributed by atoms with Gasteiger partial charge >= 0.3 is 6.61 Å². The van der Waals surface area contributed by atoms with Gasteiger partial charge in [0.1, 0.15) is 11.6 Å². The number of carbonyl (C=O) groups excluding carboxylic acids is 1. The van der Waals surface area contributed by atoms with Crippen molar-refractivity contribution in [2.24, 2.45) is 5.92 Å². The summed E-state index contributed by atoms with van der Waals surface area (Å²) in [7, 11) is 0. The molecule has 202 valence electrons. The molecule has 9 nitrogen and oxygen atoms in total. The van der Waals surface area contributed by atoms with Gasteiger partial charge in [-0.2, -0.15) is 8.78 Å². The Hall–Kier alpha value is -4.12. The van der Waals surface area contributed by atoms with Crippen molar-refractivity contribution in [2.75, 3.05) is 18.0 Å². The van der Waals surface area contributed by atoms with E-state index in [9.17, 15) is 18.7 Å². The topological polar surface area (TPSA) is 105 Å². The molecule has 39 heavy (non-hydrogen) atoms. The minimum atomic E-state index is -2.96. The van der Waals surface area contributed by atoms with Crippen LogP contribution in [0.3, 0.4) is 0 Å². The van der Waals surface area contributed by atoms with Crippen molar-refractivity contribution in [1.82, 2.24) is 24.8 Å². The Morgan fingerprint density at radius 3 is 2.62 bits per heavy atom. The molecule has 1 fully saturated rings. The molecule has 2 aromatic carbocycles. The molecule has 1 saturated heterocycles. The van der Waals surface area contributed by atoms with Crippen molar-refractivity contribution in [2.45, 2.75) is 45.1 Å². The second kappa shape index (κ2) is 9.57. The van der Waals surface area contributed by atoms with Gasteiger partial charge in [-0.15, -0.1) is 0 Å². The average Bonchev–Trinajstić information content (AvgIpc) is 3.42. The molecule has 1 atom stereocenters. The van der Waals surface area contributed by atoms with Crippen LogP contribution >= 0.6 is 0 Å². The molecule has 2 aliphatic rings. The van der Waals surface area contributed by atoms with Gasteiger partial charge < -0.3 is 24.6 Å². The van der Waals surface area contributed by atoms with E-state index in [2.05, 4.69) is 29.5 Å². The molecule has 11 heteroatoms. The molecule has 2 aliphatic heterocycles. The zero-order chi connectivity index (χ0) is 27.3. The Balaban J connectivity index is 1.17. The number of fused-ring (bicyclic) bond motifs is 3. The van der Waals surface area contributed by atoms with Crippen LogP contribution in [0.15, 0.2) is 54.9 Å². The maximum Gasteiger partial charge on any atom is 0.387 e. The predicted octanol–water partition coefficient (Wildman–Crippen LogP) is 4.18. The van der Waals surface area contributed by atoms with Gasteiger partial charge in [-0.05, 0) is 56.2 Å². The molecule has 0 bridgehead atoms. The van der Waals surface area contributed by atoms with E-state index in [4.69, 9.17) is 4.98 Å². The molecule has 0 unspecified atom stereocenters. The highest BCUT2D eigenvalue weighted by atomic mass is 19.3. The van der Waals surface area contributed by atoms with Crippen LogP contribution in [0.5, 0.6) is 5.75 Å². The van der Waals surface area contributed by atoms with E-state index in [0.29, 0.717) is 18.9 Å². The van der Waals surface area contributed by atoms with Gasteiger partial charge in [0.05, 0.1) is 22.7 Å². The summed E-state index contributed by atoms with van der Waals surface area (Å²) in [6, 6.07) is 11.4. The average molecular weight is 535 g/mol. The minimum Gasteiger partial charge on any atom is -0.435 e. The molecule has 0 saturated carbocycles. The lowest BCUT2D eigenvalue weighted by molar-refractivity contribution is -0.0498. The molecule has 4 aromatic rings. The highest BCUT2D eigenvalue weighted by Gasteiger charge is 2.38. The van der Waals surface area contributed by atoms with Crippen LogP contribution < -0.4 is 15.0 Å². The van der Waals surface area contributed by atoms with Gasteiger partial charge in [0.15, 0.2) is 0 Å². The second-order valence-electron chi connectivity index (χ2n) is 10.6. The van der Waals surface area contributed by atoms with E-state index >= 15 is 0 Å². The third-order valence-electron chi connectivity index (χ3n) is 7.49. The first kappa shape index (κ1) is 25.2. The van der Waals surface area contributed by atoms with Crippen LogP contribution in [0, 0.1) is 5.92 Å². The first-order valence-electron chi connectivity index (χ1n) is 12.8. The lowest BCUT2D eigenvalue weighted by Crippen LogP contribution is -2.56. The highest BCUT2D eigenvalue weighted by Crippen LogP contribution is 2.33. The molecule has 0 aliphatic carbocycles. The lowest BCUT2D eigenvalue weighted by atomic mass is 9.85. The lowest BCUT2D eigenvalue weighted by Gasteiger charge is -2.45. The number of imidazole rings is 1. The summed E-state index contributed by atoms with van der Waals surface area (Å²) in [5, 5.41) is 13.1. The van der Waals surface area contributed by atoms with Gasteiger partial charge in [0, 0.05) is 49.1 Å². The Kier molecular flexibility index (Phi) is 6.17. The third-order valence-corrected chi connectivity index (χ3v) is 7.49. The number of amides is 1. The first-order valence-corrected chi connectivity index (χ1v) is 12.8. The molecule has 4 heterocycles. The molecule has 0 radical (unpaired) electrons. The summed E-state index contributed by atoms with van der Waals surface area (Å²) in [6.45, 7) is 2.83. The minimum absolute atomic E-state index is 0.0657. The highest BCUT2D eigenvalue weighted by molar-refractivity contribution is 5.95. The Labute approximate surface area is 223 Å². The summed E-state index contributed by atoms with van der Waals surface area (Å²) in [5.74, 6) is 1.15. The van der Waals surface area contributed by atoms with E-state index in [1.54, 1.807) is 18.5 Å². The quantitative estimate of drug-likeness (QED) is 0.367. The van der Waals surface area contributed by atoms with E-state index in [1.807, 2.05) is 32.0 Å². The monoisotopic (exact) mass is 534 g/mol. The standard InChI is InChI=1S/C28H28F2N6O3/c1-28(2,38)19-14-35(15-19)27-31-12-18(13-32-27)16-6-7-21-23(11-16)36-9-8-22(24(36)33-21)34-25(37)17-4-3-5-20(10-17)39-26(29)30/h3-7,10-13,19,22,26,38H,8-9,14-15H2,1-2H3,(H,34,37)/t22-/m1/s1. The number of hydrogen-bond acceptors (Lipinski definition) is 7. The van der Waals surface area contributed by atoms with Gasteiger partial charge in [-0.1, -0.05) is 12.1 Å². The number of aryl methyl sites for hydroxylation is 1. The Morgan fingerprint density at radius 1 is 1.13 bits per heavy atom. The summed E-state index contributed by atoms with van der Waals surface area (Å²) in [6.07, 6.45) is 4.27. The predicted molar refractivity (Wildman–Crippen MR) is 141 cm³/mol. The largest absolute Gasteiger partial charge is 0.435 e. The second-order valence-corrected chi connectivity index (χ2v) is 10.6. The number of aliphatic hydroxyl groups is 1. The van der Waals surface area contributed by atoms with E-state index < -0.39 is 12.2 Å². The van der Waals surface area contributed by atoms with E-state index in [0.717, 1.165) is 41.1 Å². The number of aromatic nitrogens is 4. The number of carbonyl (C=O) groups is 1. The van der Waals surface area contributed by atoms with Gasteiger partial charge in [0.2, 0.25) is 5.95 Å². The maximum atomic E-state index is 12.9. The fourth-order valence-corrected chi connectivity index (χ4v) is 5.12. The number of rotatable bonds is 7. The Bertz CT molecular complexity index is 1530. The fraction of sp³-hybridized carbons (Fsp3) is 0.357. The normalized spacial score (nSPS) is 17.4. The van der Waals surface area contributed by atoms with Gasteiger partial charge in [-0.3, -0.25) is 4.79 Å². The third kappa shape index (κ3) is 4.89. The molecule has 6 rings (SSSR count). The summed E-state index contributed by atoms with van der Waals surface area (Å²) in [4.78, 5) is 28.7. The van der Waals surface area contributed by atoms with Crippen molar-refractivity contribution >= 4 is 22.9 Å². The number of alkyl halides is 2. The molecular weight excluding hydrogens is 506 g/mol. The van der Waals surface area contributed by atoms with Crippen LogP contribution in [0.1, 0.15) is 42.5 Å². The van der Waals surface area contributed by atoms with Gasteiger partial charge in [-0.25, -0.2) is 15.0 Å². The van der Waals surface area contributed by atoms with Crippen molar-refractivity contribution < 1.29 is 23.4 Å². The number of nitrogens with one attached hydrogen (secondary N) is 1. The summed E-state index contributed by atoms with van der Waals surface area (Å²) >= 11 is 0. The summed E-state index contributed by atoms with van der Waals surface area (Å²) < 4.78 is 31.6. The molecule has 0 spiro atoms. The van der Waals surface area contributed by atoms with Crippen molar-refractivity contribution in [3.05, 3.63) is 66.2 Å². The number of ether oxygens (including phenoxy) is 1. The van der Waals surface area contributed by atoms with Crippen LogP contribution in [-0.4, -0.2) is 55.8 Å². The zero-order valence-corrected chi connectivity index (χ0v) is 21.5. The Morgan fingerprint density at radius 2 is 1.90 bits per heavy atom. The molecule has 2 aromatic heterocycles. The number of hydrogen-bond donors (Lipinski definition) is 2. The maximum absolute atomic E-state index is 12.9.